The minimum absolute atomic E-state index is 0.533. The first-order valence-corrected chi connectivity index (χ1v) is 7.29. The van der Waals surface area contributed by atoms with E-state index in [2.05, 4.69) is 25.0 Å². The molecule has 0 aliphatic carbocycles. The predicted molar refractivity (Wildman–Crippen MR) is 69.2 cm³/mol. The van der Waals surface area contributed by atoms with Gasteiger partial charge in [-0.25, -0.2) is 0 Å². The molecule has 0 heterocycles. The minimum Gasteiger partial charge on any atom is -0.307 e. The van der Waals surface area contributed by atoms with E-state index < -0.39 is 19.0 Å². The zero-order valence-electron chi connectivity index (χ0n) is 9.84. The Balaban J connectivity index is 2.97. The Hall–Kier alpha value is -0.480. The summed E-state index contributed by atoms with van der Waals surface area (Å²) in [6.07, 6.45) is 0. The fourth-order valence-electron chi connectivity index (χ4n) is 1.39. The molecule has 6 heteroatoms. The van der Waals surface area contributed by atoms with Crippen molar-refractivity contribution in [2.75, 3.05) is 14.2 Å². The molecule has 0 bridgehead atoms. The maximum atomic E-state index is 12.0. The van der Waals surface area contributed by atoms with Gasteiger partial charge in [-0.05, 0) is 17.7 Å². The van der Waals surface area contributed by atoms with Gasteiger partial charge in [0.1, 0.15) is 0 Å². The smallest absolute Gasteiger partial charge is 0.307 e. The second-order valence-corrected chi connectivity index (χ2v) is 6.56. The van der Waals surface area contributed by atoms with Gasteiger partial charge in [0, 0.05) is 18.7 Å². The third-order valence-electron chi connectivity index (χ3n) is 2.49. The number of benzene rings is 1. The monoisotopic (exact) mass is 320 g/mol. The van der Waals surface area contributed by atoms with Crippen molar-refractivity contribution in [3.8, 4) is 0 Å². The quantitative estimate of drug-likeness (QED) is 0.778. The summed E-state index contributed by atoms with van der Waals surface area (Å²) in [7, 11) is -1.25. The molecule has 0 fully saturated rings. The lowest BCUT2D eigenvalue weighted by Crippen LogP contribution is -2.11. The van der Waals surface area contributed by atoms with E-state index in [1.54, 1.807) is 19.1 Å². The lowest BCUT2D eigenvalue weighted by atomic mass is 10.0. The van der Waals surface area contributed by atoms with Crippen LogP contribution in [0.3, 0.4) is 0 Å². The van der Waals surface area contributed by atoms with Gasteiger partial charge in [-0.15, -0.1) is 0 Å². The summed E-state index contributed by atoms with van der Waals surface area (Å²) in [5, 5.41) is 0. The van der Waals surface area contributed by atoms with Gasteiger partial charge in [-0.1, -0.05) is 35.0 Å². The van der Waals surface area contributed by atoms with Crippen LogP contribution in [0.25, 0.3) is 0 Å². The number of halogens is 1. The summed E-state index contributed by atoms with van der Waals surface area (Å²) in [5.74, 6) is -0.533. The van der Waals surface area contributed by atoms with E-state index in [4.69, 9.17) is 0 Å². The van der Waals surface area contributed by atoms with Crippen LogP contribution in [0.15, 0.2) is 28.7 Å². The van der Waals surface area contributed by atoms with Crippen molar-refractivity contribution in [2.24, 2.45) is 0 Å². The van der Waals surface area contributed by atoms with Crippen LogP contribution in [0.5, 0.6) is 0 Å². The van der Waals surface area contributed by atoms with Crippen molar-refractivity contribution >= 4 is 29.1 Å². The second-order valence-electron chi connectivity index (χ2n) is 3.47. The highest BCUT2D eigenvalue weighted by Crippen LogP contribution is 2.51. The molecular weight excluding hydrogens is 307 g/mol. The summed E-state index contributed by atoms with van der Waals surface area (Å²) in [4.78, 5) is 12.0. The van der Waals surface area contributed by atoms with Gasteiger partial charge >= 0.3 is 7.60 Å². The number of hydrogen-bond donors (Lipinski definition) is 0. The number of carbonyl (C=O) groups excluding carboxylic acids is 1. The van der Waals surface area contributed by atoms with E-state index in [1.807, 2.05) is 12.1 Å². The first kappa shape index (κ1) is 14.6. The summed E-state index contributed by atoms with van der Waals surface area (Å²) < 4.78 is 22.2. The number of carbonyl (C=O) groups is 1. The van der Waals surface area contributed by atoms with E-state index >= 15 is 0 Å². The average Bonchev–Trinajstić information content (AvgIpc) is 2.37. The fraction of sp³-hybridized carbons (Fsp3) is 0.364. The Bertz CT molecular complexity index is 435. The molecule has 0 aromatic heterocycles. The summed E-state index contributed by atoms with van der Waals surface area (Å²) in [6.45, 7) is 1.68. The molecule has 0 N–H and O–H groups in total. The molecule has 0 unspecified atom stereocenters. The predicted octanol–water partition coefficient (Wildman–Crippen LogP) is 3.57. The molecule has 0 aliphatic heterocycles. The molecule has 1 atom stereocenters. The first-order chi connectivity index (χ1) is 7.94. The van der Waals surface area contributed by atoms with Gasteiger partial charge < -0.3 is 9.05 Å². The molecule has 0 radical (unpaired) electrons. The highest BCUT2D eigenvalue weighted by molar-refractivity contribution is 9.10. The molecular formula is C11H14BrO4P. The van der Waals surface area contributed by atoms with Gasteiger partial charge in [0.25, 0.3) is 5.52 Å². The van der Waals surface area contributed by atoms with Crippen molar-refractivity contribution in [1.82, 2.24) is 0 Å². The highest BCUT2D eigenvalue weighted by atomic mass is 79.9. The summed E-state index contributed by atoms with van der Waals surface area (Å²) in [5.41, 5.74) is 0.234. The van der Waals surface area contributed by atoms with Crippen LogP contribution in [-0.4, -0.2) is 19.7 Å². The minimum atomic E-state index is -3.66. The van der Waals surface area contributed by atoms with Crippen LogP contribution in [0.4, 0.5) is 0 Å². The van der Waals surface area contributed by atoms with E-state index in [9.17, 15) is 9.36 Å². The van der Waals surface area contributed by atoms with Crippen molar-refractivity contribution in [3.63, 3.8) is 0 Å². The third kappa shape index (κ3) is 3.26. The largest absolute Gasteiger partial charge is 0.396 e. The fourth-order valence-corrected chi connectivity index (χ4v) is 2.78. The Labute approximate surface area is 109 Å². The van der Waals surface area contributed by atoms with Crippen LogP contribution in [-0.2, 0) is 18.4 Å². The van der Waals surface area contributed by atoms with Gasteiger partial charge in [-0.3, -0.25) is 9.36 Å². The van der Waals surface area contributed by atoms with E-state index in [0.29, 0.717) is 0 Å². The van der Waals surface area contributed by atoms with Gasteiger partial charge in [0.05, 0.1) is 5.92 Å². The van der Waals surface area contributed by atoms with E-state index in [-0.39, 0.29) is 0 Å². The van der Waals surface area contributed by atoms with Gasteiger partial charge in [-0.2, -0.15) is 0 Å². The van der Waals surface area contributed by atoms with Crippen LogP contribution in [0.1, 0.15) is 18.4 Å². The molecule has 0 aliphatic rings. The average molecular weight is 321 g/mol. The molecule has 0 saturated heterocycles. The van der Waals surface area contributed by atoms with Gasteiger partial charge in [0.15, 0.2) is 0 Å². The van der Waals surface area contributed by atoms with Crippen molar-refractivity contribution < 1.29 is 18.4 Å². The standard InChI is InChI=1S/C11H14BrO4P/c1-8(9-4-6-10(12)7-5-9)11(13)17(14,15-2)16-3/h4-8H,1-3H3/t8-/m0/s1. The van der Waals surface area contributed by atoms with Crippen LogP contribution >= 0.6 is 23.5 Å². The molecule has 1 aromatic carbocycles. The van der Waals surface area contributed by atoms with Crippen molar-refractivity contribution in [1.29, 1.82) is 0 Å². The normalized spacial score (nSPS) is 13.4. The summed E-state index contributed by atoms with van der Waals surface area (Å²) >= 11 is 3.31. The zero-order valence-corrected chi connectivity index (χ0v) is 12.3. The number of hydrogen-bond acceptors (Lipinski definition) is 4. The van der Waals surface area contributed by atoms with Gasteiger partial charge in [0.2, 0.25) is 0 Å². The SMILES string of the molecule is COP(=O)(OC)C(=O)[C@@H](C)c1ccc(Br)cc1. The Morgan fingerprint density at radius 1 is 1.24 bits per heavy atom. The molecule has 1 aromatic rings. The molecule has 0 amide bonds. The molecule has 4 nitrogen and oxygen atoms in total. The molecule has 1 rings (SSSR count). The maximum absolute atomic E-state index is 12.0. The Morgan fingerprint density at radius 2 is 1.71 bits per heavy atom. The van der Waals surface area contributed by atoms with Crippen molar-refractivity contribution in [3.05, 3.63) is 34.3 Å². The molecule has 17 heavy (non-hydrogen) atoms. The van der Waals surface area contributed by atoms with Crippen molar-refractivity contribution in [2.45, 2.75) is 12.8 Å². The van der Waals surface area contributed by atoms with Crippen LogP contribution < -0.4 is 0 Å². The zero-order chi connectivity index (χ0) is 13.1. The third-order valence-corrected chi connectivity index (χ3v) is 4.91. The van der Waals surface area contributed by atoms with Crippen LogP contribution in [0.2, 0.25) is 0 Å². The summed E-state index contributed by atoms with van der Waals surface area (Å²) in [6, 6.07) is 7.23. The Morgan fingerprint density at radius 3 is 2.12 bits per heavy atom. The molecule has 0 spiro atoms. The molecule has 94 valence electrons. The Kier molecular flexibility index (Phi) is 5.07. The maximum Gasteiger partial charge on any atom is 0.396 e. The lowest BCUT2D eigenvalue weighted by molar-refractivity contribution is -0.114. The van der Waals surface area contributed by atoms with E-state index in [0.717, 1.165) is 10.0 Å². The van der Waals surface area contributed by atoms with E-state index in [1.165, 1.54) is 14.2 Å². The molecule has 0 saturated carbocycles. The topological polar surface area (TPSA) is 52.6 Å². The van der Waals surface area contributed by atoms with Crippen LogP contribution in [0, 0.1) is 0 Å². The number of rotatable bonds is 5. The lowest BCUT2D eigenvalue weighted by Gasteiger charge is -2.17. The highest BCUT2D eigenvalue weighted by Gasteiger charge is 2.36. The second kappa shape index (κ2) is 5.91. The first-order valence-electron chi connectivity index (χ1n) is 4.96.